The average Bonchev–Trinajstić information content (AvgIpc) is 2.46. The zero-order chi connectivity index (χ0) is 14.7. The molecule has 2 rings (SSSR count). The quantitative estimate of drug-likeness (QED) is 0.676. The van der Waals surface area contributed by atoms with Gasteiger partial charge in [0.05, 0.1) is 16.2 Å². The van der Waals surface area contributed by atoms with Crippen molar-refractivity contribution >= 4 is 11.7 Å². The molecule has 0 fully saturated rings. The topological polar surface area (TPSA) is 106 Å². The summed E-state index contributed by atoms with van der Waals surface area (Å²) in [5.74, 6) is -0.723. The molecule has 0 bridgehead atoms. The Morgan fingerprint density at radius 1 is 1.35 bits per heavy atom. The van der Waals surface area contributed by atoms with E-state index in [1.54, 1.807) is 6.92 Å². The van der Waals surface area contributed by atoms with Crippen molar-refractivity contribution in [2.75, 3.05) is 0 Å². The second kappa shape index (κ2) is 5.43. The number of benzene rings is 1. The Labute approximate surface area is 114 Å². The third-order valence-corrected chi connectivity index (χ3v) is 2.77. The molecule has 7 heteroatoms. The average molecular weight is 273 g/mol. The Balaban J connectivity index is 2.42. The Morgan fingerprint density at radius 2 is 2.00 bits per heavy atom. The number of carboxylic acid groups (broad SMARTS) is 1. The molecule has 1 N–H and O–H groups in total. The lowest BCUT2D eigenvalue weighted by atomic mass is 10.1. The highest BCUT2D eigenvalue weighted by molar-refractivity contribution is 5.88. The zero-order valence-corrected chi connectivity index (χ0v) is 10.6. The SMILES string of the molecule is CCc1nc(-c2ccc([N+](=O)[O-])cc2)ncc1C(=O)O. The fraction of sp³-hybridized carbons (Fsp3) is 0.154. The van der Waals surface area contributed by atoms with Gasteiger partial charge in [0, 0.05) is 23.9 Å². The fourth-order valence-electron chi connectivity index (χ4n) is 1.74. The molecule has 102 valence electrons. The summed E-state index contributed by atoms with van der Waals surface area (Å²) in [6, 6.07) is 5.78. The summed E-state index contributed by atoms with van der Waals surface area (Å²) in [7, 11) is 0. The first kappa shape index (κ1) is 13.6. The van der Waals surface area contributed by atoms with E-state index in [0.717, 1.165) is 0 Å². The van der Waals surface area contributed by atoms with Gasteiger partial charge in [0.25, 0.3) is 5.69 Å². The number of carboxylic acids is 1. The largest absolute Gasteiger partial charge is 0.478 e. The van der Waals surface area contributed by atoms with Crippen molar-refractivity contribution in [2.45, 2.75) is 13.3 Å². The molecule has 0 spiro atoms. The Morgan fingerprint density at radius 3 is 2.50 bits per heavy atom. The highest BCUT2D eigenvalue weighted by Gasteiger charge is 2.13. The maximum absolute atomic E-state index is 11.0. The lowest BCUT2D eigenvalue weighted by molar-refractivity contribution is -0.384. The number of aryl methyl sites for hydroxylation is 1. The van der Waals surface area contributed by atoms with Crippen LogP contribution < -0.4 is 0 Å². The standard InChI is InChI=1S/C13H11N3O4/c1-2-11-10(13(17)18)7-14-12(15-11)8-3-5-9(6-4-8)16(19)20/h3-7H,2H2,1H3,(H,17,18). The number of hydrogen-bond acceptors (Lipinski definition) is 5. The summed E-state index contributed by atoms with van der Waals surface area (Å²) in [5.41, 5.74) is 1.08. The smallest absolute Gasteiger partial charge is 0.339 e. The van der Waals surface area contributed by atoms with Crippen LogP contribution in [0, 0.1) is 10.1 Å². The van der Waals surface area contributed by atoms with Crippen LogP contribution in [0.1, 0.15) is 23.0 Å². The summed E-state index contributed by atoms with van der Waals surface area (Å²) < 4.78 is 0. The predicted octanol–water partition coefficient (Wildman–Crippen LogP) is 2.31. The number of nitro benzene ring substituents is 1. The van der Waals surface area contributed by atoms with Gasteiger partial charge < -0.3 is 5.11 Å². The number of aromatic carboxylic acids is 1. The van der Waals surface area contributed by atoms with Crippen LogP contribution in [0.3, 0.4) is 0 Å². The van der Waals surface area contributed by atoms with Crippen LogP contribution >= 0.6 is 0 Å². The van der Waals surface area contributed by atoms with Crippen LogP contribution in [0.25, 0.3) is 11.4 Å². The molecule has 7 nitrogen and oxygen atoms in total. The molecule has 0 aliphatic rings. The molecule has 1 heterocycles. The molecule has 0 unspecified atom stereocenters. The van der Waals surface area contributed by atoms with E-state index in [4.69, 9.17) is 5.11 Å². The molecule has 0 radical (unpaired) electrons. The zero-order valence-electron chi connectivity index (χ0n) is 10.6. The normalized spacial score (nSPS) is 10.2. The molecule has 0 saturated heterocycles. The fourth-order valence-corrected chi connectivity index (χ4v) is 1.74. The van der Waals surface area contributed by atoms with Gasteiger partial charge in [-0.05, 0) is 18.6 Å². The second-order valence-electron chi connectivity index (χ2n) is 4.02. The molecule has 1 aromatic heterocycles. The van der Waals surface area contributed by atoms with Gasteiger partial charge in [-0.1, -0.05) is 6.92 Å². The summed E-state index contributed by atoms with van der Waals surface area (Å²) in [6.07, 6.45) is 1.72. The van der Waals surface area contributed by atoms with Gasteiger partial charge in [0.15, 0.2) is 5.82 Å². The van der Waals surface area contributed by atoms with Gasteiger partial charge in [-0.15, -0.1) is 0 Å². The van der Waals surface area contributed by atoms with Crippen LogP contribution in [0.2, 0.25) is 0 Å². The van der Waals surface area contributed by atoms with Crippen molar-refractivity contribution < 1.29 is 14.8 Å². The van der Waals surface area contributed by atoms with E-state index in [1.165, 1.54) is 30.5 Å². The minimum Gasteiger partial charge on any atom is -0.478 e. The Hall–Kier alpha value is -2.83. The van der Waals surface area contributed by atoms with Gasteiger partial charge >= 0.3 is 5.97 Å². The van der Waals surface area contributed by atoms with E-state index in [0.29, 0.717) is 23.5 Å². The van der Waals surface area contributed by atoms with Gasteiger partial charge in [-0.3, -0.25) is 10.1 Å². The summed E-state index contributed by atoms with van der Waals surface area (Å²) in [6.45, 7) is 1.80. The highest BCUT2D eigenvalue weighted by atomic mass is 16.6. The molecule has 0 aliphatic carbocycles. The molecule has 0 saturated carbocycles. The van der Waals surface area contributed by atoms with E-state index in [9.17, 15) is 14.9 Å². The van der Waals surface area contributed by atoms with E-state index in [2.05, 4.69) is 9.97 Å². The van der Waals surface area contributed by atoms with Crippen molar-refractivity contribution in [1.82, 2.24) is 9.97 Å². The number of non-ortho nitro benzene ring substituents is 1. The molecule has 0 aliphatic heterocycles. The first-order valence-electron chi connectivity index (χ1n) is 5.87. The maximum atomic E-state index is 11.0. The number of hydrogen-bond donors (Lipinski definition) is 1. The second-order valence-corrected chi connectivity index (χ2v) is 4.02. The monoisotopic (exact) mass is 273 g/mol. The van der Waals surface area contributed by atoms with Crippen molar-refractivity contribution in [3.8, 4) is 11.4 Å². The third kappa shape index (κ3) is 2.61. The molecule has 2 aromatic rings. The molecular formula is C13H11N3O4. The predicted molar refractivity (Wildman–Crippen MR) is 70.5 cm³/mol. The van der Waals surface area contributed by atoms with Crippen LogP contribution in [0.15, 0.2) is 30.5 Å². The molecule has 20 heavy (non-hydrogen) atoms. The molecular weight excluding hydrogens is 262 g/mol. The summed E-state index contributed by atoms with van der Waals surface area (Å²) >= 11 is 0. The summed E-state index contributed by atoms with van der Waals surface area (Å²) in [5, 5.41) is 19.6. The molecule has 1 aromatic carbocycles. The number of nitrogens with zero attached hydrogens (tertiary/aromatic N) is 3. The Bertz CT molecular complexity index is 668. The van der Waals surface area contributed by atoms with Crippen LogP contribution in [-0.2, 0) is 6.42 Å². The molecule has 0 atom stereocenters. The minimum atomic E-state index is -1.07. The number of aromatic nitrogens is 2. The maximum Gasteiger partial charge on any atom is 0.339 e. The van der Waals surface area contributed by atoms with Gasteiger partial charge in [0.2, 0.25) is 0 Å². The van der Waals surface area contributed by atoms with E-state index >= 15 is 0 Å². The summed E-state index contributed by atoms with van der Waals surface area (Å²) in [4.78, 5) is 29.3. The van der Waals surface area contributed by atoms with Crippen molar-refractivity contribution in [3.05, 3.63) is 51.8 Å². The van der Waals surface area contributed by atoms with E-state index in [-0.39, 0.29) is 11.3 Å². The third-order valence-electron chi connectivity index (χ3n) is 2.77. The Kier molecular flexibility index (Phi) is 3.69. The lowest BCUT2D eigenvalue weighted by Crippen LogP contribution is -2.06. The first-order chi connectivity index (χ1) is 9.52. The van der Waals surface area contributed by atoms with Crippen molar-refractivity contribution in [1.29, 1.82) is 0 Å². The number of carbonyl (C=O) groups is 1. The first-order valence-corrected chi connectivity index (χ1v) is 5.87. The van der Waals surface area contributed by atoms with Crippen LogP contribution in [0.4, 0.5) is 5.69 Å². The highest BCUT2D eigenvalue weighted by Crippen LogP contribution is 2.20. The van der Waals surface area contributed by atoms with Crippen molar-refractivity contribution in [3.63, 3.8) is 0 Å². The van der Waals surface area contributed by atoms with E-state index in [1.807, 2.05) is 0 Å². The number of nitro groups is 1. The van der Waals surface area contributed by atoms with Gasteiger partial charge in [-0.2, -0.15) is 0 Å². The lowest BCUT2D eigenvalue weighted by Gasteiger charge is -2.05. The van der Waals surface area contributed by atoms with E-state index < -0.39 is 10.9 Å². The van der Waals surface area contributed by atoms with Crippen LogP contribution in [-0.4, -0.2) is 26.0 Å². The molecule has 0 amide bonds. The minimum absolute atomic E-state index is 0.0216. The van der Waals surface area contributed by atoms with Crippen molar-refractivity contribution in [2.24, 2.45) is 0 Å². The van der Waals surface area contributed by atoms with Crippen LogP contribution in [0.5, 0.6) is 0 Å². The van der Waals surface area contributed by atoms with Gasteiger partial charge in [0.1, 0.15) is 0 Å². The number of rotatable bonds is 4. The van der Waals surface area contributed by atoms with Gasteiger partial charge in [-0.25, -0.2) is 14.8 Å².